The van der Waals surface area contributed by atoms with E-state index in [2.05, 4.69) is 15.4 Å². The number of hydrogen-bond acceptors (Lipinski definition) is 4. The van der Waals surface area contributed by atoms with Gasteiger partial charge in [0.2, 0.25) is 0 Å². The molecule has 4 rings (SSSR count). The Hall–Kier alpha value is -2.96. The molecule has 3 heterocycles. The van der Waals surface area contributed by atoms with Crippen LogP contribution >= 0.6 is 0 Å². The predicted molar refractivity (Wildman–Crippen MR) is 92.6 cm³/mol. The van der Waals surface area contributed by atoms with Crippen molar-refractivity contribution in [2.45, 2.75) is 32.2 Å². The molecule has 1 aliphatic carbocycles. The molecule has 1 atom stereocenters. The van der Waals surface area contributed by atoms with E-state index in [4.69, 9.17) is 0 Å². The second kappa shape index (κ2) is 5.84. The van der Waals surface area contributed by atoms with Crippen LogP contribution in [0.5, 0.6) is 0 Å². The summed E-state index contributed by atoms with van der Waals surface area (Å²) >= 11 is 0. The summed E-state index contributed by atoms with van der Waals surface area (Å²) in [5.41, 5.74) is 3.33. The van der Waals surface area contributed by atoms with Crippen LogP contribution in [0.3, 0.4) is 0 Å². The van der Waals surface area contributed by atoms with Gasteiger partial charge in [-0.3, -0.25) is 18.7 Å². The summed E-state index contributed by atoms with van der Waals surface area (Å²) in [5.74, 6) is -0.393. The van der Waals surface area contributed by atoms with Crippen molar-refractivity contribution in [2.75, 3.05) is 0 Å². The molecule has 0 saturated carbocycles. The first-order valence-electron chi connectivity index (χ1n) is 8.34. The molecule has 0 spiro atoms. The molecular formula is C18H19N5O2. The van der Waals surface area contributed by atoms with Crippen molar-refractivity contribution in [3.05, 3.63) is 63.5 Å². The van der Waals surface area contributed by atoms with Crippen molar-refractivity contribution in [1.29, 1.82) is 0 Å². The summed E-state index contributed by atoms with van der Waals surface area (Å²) in [4.78, 5) is 29.6. The van der Waals surface area contributed by atoms with Gasteiger partial charge in [0.25, 0.3) is 11.5 Å². The van der Waals surface area contributed by atoms with Crippen LogP contribution in [-0.4, -0.2) is 25.1 Å². The van der Waals surface area contributed by atoms with E-state index in [1.54, 1.807) is 18.5 Å². The number of carbonyl (C=O) groups is 1. The number of nitrogens with zero attached hydrogens (tertiary/aromatic N) is 4. The minimum absolute atomic E-state index is 0.0547. The van der Waals surface area contributed by atoms with Crippen LogP contribution in [0.15, 0.2) is 35.5 Å². The van der Waals surface area contributed by atoms with E-state index in [9.17, 15) is 9.59 Å². The minimum atomic E-state index is -0.393. The van der Waals surface area contributed by atoms with Gasteiger partial charge in [-0.15, -0.1) is 0 Å². The van der Waals surface area contributed by atoms with Crippen LogP contribution < -0.4 is 10.9 Å². The van der Waals surface area contributed by atoms with Gasteiger partial charge in [-0.1, -0.05) is 6.07 Å². The van der Waals surface area contributed by atoms with E-state index in [-0.39, 0.29) is 17.2 Å². The highest BCUT2D eigenvalue weighted by Crippen LogP contribution is 2.29. The molecule has 0 aromatic carbocycles. The maximum Gasteiger partial charge on any atom is 0.270 e. The fourth-order valence-corrected chi connectivity index (χ4v) is 3.43. The third kappa shape index (κ3) is 2.61. The smallest absolute Gasteiger partial charge is 0.270 e. The standard InChI is InChI=1S/C18H19N5O2/c1-11-6-7-16-19-8-13(18(25)23(16)10-11)17(24)21-14-4-3-5-15-12(14)9-20-22(15)2/h6-10,14H,3-5H2,1-2H3,(H,21,24)/t14-/m0/s1. The molecule has 1 amide bonds. The zero-order valence-electron chi connectivity index (χ0n) is 14.2. The van der Waals surface area contributed by atoms with Gasteiger partial charge < -0.3 is 5.32 Å². The Balaban J connectivity index is 1.67. The van der Waals surface area contributed by atoms with Gasteiger partial charge in [0.15, 0.2) is 0 Å². The van der Waals surface area contributed by atoms with Gasteiger partial charge in [0.1, 0.15) is 11.2 Å². The highest BCUT2D eigenvalue weighted by Gasteiger charge is 2.26. The maximum atomic E-state index is 12.7. The van der Waals surface area contributed by atoms with E-state index in [0.29, 0.717) is 5.65 Å². The molecule has 25 heavy (non-hydrogen) atoms. The second-order valence-electron chi connectivity index (χ2n) is 6.50. The third-order valence-electron chi connectivity index (χ3n) is 4.78. The van der Waals surface area contributed by atoms with E-state index in [1.165, 1.54) is 10.6 Å². The lowest BCUT2D eigenvalue weighted by Gasteiger charge is -2.23. The number of carbonyl (C=O) groups excluding carboxylic acids is 1. The average Bonchev–Trinajstić information content (AvgIpc) is 2.98. The molecule has 1 aliphatic rings. The number of amides is 1. The first-order chi connectivity index (χ1) is 12.0. The lowest BCUT2D eigenvalue weighted by molar-refractivity contribution is 0.0930. The van der Waals surface area contributed by atoms with E-state index >= 15 is 0 Å². The first-order valence-corrected chi connectivity index (χ1v) is 8.34. The zero-order valence-corrected chi connectivity index (χ0v) is 14.2. The summed E-state index contributed by atoms with van der Waals surface area (Å²) in [6.07, 6.45) is 7.63. The molecule has 0 radical (unpaired) electrons. The van der Waals surface area contributed by atoms with E-state index in [1.807, 2.05) is 24.7 Å². The molecule has 3 aromatic rings. The first kappa shape index (κ1) is 15.6. The summed E-state index contributed by atoms with van der Waals surface area (Å²) in [6, 6.07) is 3.53. The van der Waals surface area contributed by atoms with Crippen LogP contribution in [0, 0.1) is 6.92 Å². The fraction of sp³-hybridized carbons (Fsp3) is 0.333. The average molecular weight is 337 g/mol. The lowest BCUT2D eigenvalue weighted by Crippen LogP contribution is -2.35. The Morgan fingerprint density at radius 3 is 3.00 bits per heavy atom. The predicted octanol–water partition coefficient (Wildman–Crippen LogP) is 1.54. The third-order valence-corrected chi connectivity index (χ3v) is 4.78. The molecule has 3 aromatic heterocycles. The number of fused-ring (bicyclic) bond motifs is 2. The van der Waals surface area contributed by atoms with E-state index < -0.39 is 5.91 Å². The van der Waals surface area contributed by atoms with Crippen LogP contribution in [0.4, 0.5) is 0 Å². The molecule has 1 N–H and O–H groups in total. The molecule has 0 aliphatic heterocycles. The monoisotopic (exact) mass is 337 g/mol. The number of hydrogen-bond donors (Lipinski definition) is 1. The van der Waals surface area contributed by atoms with Gasteiger partial charge in [-0.25, -0.2) is 4.98 Å². The summed E-state index contributed by atoms with van der Waals surface area (Å²) in [7, 11) is 1.91. The van der Waals surface area contributed by atoms with Crippen LogP contribution in [0.2, 0.25) is 0 Å². The maximum absolute atomic E-state index is 12.7. The molecular weight excluding hydrogens is 318 g/mol. The fourth-order valence-electron chi connectivity index (χ4n) is 3.43. The van der Waals surface area contributed by atoms with Crippen molar-refractivity contribution in [2.24, 2.45) is 7.05 Å². The number of aryl methyl sites for hydroxylation is 2. The minimum Gasteiger partial charge on any atom is -0.345 e. The van der Waals surface area contributed by atoms with Gasteiger partial charge in [0.05, 0.1) is 12.2 Å². The van der Waals surface area contributed by atoms with Gasteiger partial charge in [-0.05, 0) is 37.8 Å². The van der Waals surface area contributed by atoms with Gasteiger partial charge >= 0.3 is 0 Å². The summed E-state index contributed by atoms with van der Waals surface area (Å²) < 4.78 is 3.27. The Labute approximate surface area is 144 Å². The SMILES string of the molecule is Cc1ccc2ncc(C(=O)N[C@H]3CCCc4c3cnn4C)c(=O)n2c1. The summed E-state index contributed by atoms with van der Waals surface area (Å²) in [5, 5.41) is 7.26. The molecule has 7 heteroatoms. The van der Waals surface area contributed by atoms with E-state index in [0.717, 1.165) is 36.1 Å². The van der Waals surface area contributed by atoms with Crippen LogP contribution in [0.25, 0.3) is 5.65 Å². The molecule has 0 bridgehead atoms. The Kier molecular flexibility index (Phi) is 3.63. The van der Waals surface area contributed by atoms with Crippen molar-refractivity contribution in [3.8, 4) is 0 Å². The Morgan fingerprint density at radius 2 is 2.16 bits per heavy atom. The Morgan fingerprint density at radius 1 is 1.32 bits per heavy atom. The van der Waals surface area contributed by atoms with Crippen molar-refractivity contribution >= 4 is 11.6 Å². The molecule has 0 saturated heterocycles. The lowest BCUT2D eigenvalue weighted by atomic mass is 9.93. The quantitative estimate of drug-likeness (QED) is 0.769. The highest BCUT2D eigenvalue weighted by molar-refractivity contribution is 5.94. The second-order valence-corrected chi connectivity index (χ2v) is 6.50. The van der Waals surface area contributed by atoms with Gasteiger partial charge in [-0.2, -0.15) is 5.10 Å². The van der Waals surface area contributed by atoms with Gasteiger partial charge in [0, 0.05) is 30.7 Å². The number of rotatable bonds is 2. The van der Waals surface area contributed by atoms with Crippen molar-refractivity contribution in [3.63, 3.8) is 0 Å². The highest BCUT2D eigenvalue weighted by atomic mass is 16.2. The Bertz CT molecular complexity index is 1030. The molecule has 0 unspecified atom stereocenters. The molecule has 7 nitrogen and oxygen atoms in total. The van der Waals surface area contributed by atoms with Crippen LogP contribution in [-0.2, 0) is 13.5 Å². The number of aromatic nitrogens is 4. The largest absolute Gasteiger partial charge is 0.345 e. The van der Waals surface area contributed by atoms with Crippen molar-refractivity contribution < 1.29 is 4.79 Å². The number of pyridine rings is 1. The van der Waals surface area contributed by atoms with Crippen molar-refractivity contribution in [1.82, 2.24) is 24.5 Å². The summed E-state index contributed by atoms with van der Waals surface area (Å²) in [6.45, 7) is 1.89. The topological polar surface area (TPSA) is 81.3 Å². The zero-order chi connectivity index (χ0) is 17.6. The molecule has 0 fully saturated rings. The normalized spacial score (nSPS) is 16.6. The number of nitrogens with one attached hydrogen (secondary N) is 1. The molecule has 128 valence electrons. The van der Waals surface area contributed by atoms with Crippen LogP contribution in [0.1, 0.15) is 46.1 Å².